The predicted octanol–water partition coefficient (Wildman–Crippen LogP) is 7.49. The average Bonchev–Trinajstić information content (AvgIpc) is 2.80. The lowest BCUT2D eigenvalue weighted by molar-refractivity contribution is 0.243. The Bertz CT molecular complexity index is 1170. The molecule has 1 aliphatic rings. The smallest absolute Gasteiger partial charge is 0.229 e. The van der Waals surface area contributed by atoms with Gasteiger partial charge < -0.3 is 20.7 Å². The van der Waals surface area contributed by atoms with Crippen molar-refractivity contribution in [3.05, 3.63) is 62.7 Å². The topological polar surface area (TPSA) is 71.1 Å². The Kier molecular flexibility index (Phi) is 8.04. The lowest BCUT2D eigenvalue weighted by Crippen LogP contribution is -2.27. The van der Waals surface area contributed by atoms with Crippen molar-refractivity contribution < 1.29 is 4.74 Å². The summed E-state index contributed by atoms with van der Waals surface area (Å²) in [6.45, 7) is 8.24. The van der Waals surface area contributed by atoms with Gasteiger partial charge in [-0.05, 0) is 94.1 Å². The molecule has 2 heterocycles. The number of halogens is 3. The van der Waals surface area contributed by atoms with Crippen molar-refractivity contribution in [2.45, 2.75) is 45.6 Å². The summed E-state index contributed by atoms with van der Waals surface area (Å²) in [6, 6.07) is 9.44. The van der Waals surface area contributed by atoms with Crippen LogP contribution >= 0.6 is 34.8 Å². The van der Waals surface area contributed by atoms with E-state index in [1.807, 2.05) is 13.8 Å². The van der Waals surface area contributed by atoms with E-state index in [0.29, 0.717) is 38.4 Å². The number of aromatic nitrogens is 2. The zero-order valence-electron chi connectivity index (χ0n) is 19.4. The molecule has 34 heavy (non-hydrogen) atoms. The van der Waals surface area contributed by atoms with Crippen molar-refractivity contribution >= 4 is 57.9 Å². The third kappa shape index (κ3) is 6.05. The van der Waals surface area contributed by atoms with Crippen LogP contribution in [0.2, 0.25) is 15.1 Å². The number of hydrogen-bond acceptors (Lipinski definition) is 6. The molecule has 2 aromatic carbocycles. The molecule has 1 fully saturated rings. The van der Waals surface area contributed by atoms with E-state index in [-0.39, 0.29) is 6.10 Å². The highest BCUT2D eigenvalue weighted by Gasteiger charge is 2.21. The van der Waals surface area contributed by atoms with Gasteiger partial charge in [0.15, 0.2) is 5.82 Å². The number of aryl methyl sites for hydroxylation is 1. The Labute approximate surface area is 215 Å². The summed E-state index contributed by atoms with van der Waals surface area (Å²) >= 11 is 18.7. The molecule has 1 saturated heterocycles. The van der Waals surface area contributed by atoms with Gasteiger partial charge in [-0.25, -0.2) is 4.98 Å². The first kappa shape index (κ1) is 24.9. The van der Waals surface area contributed by atoms with Crippen molar-refractivity contribution in [1.29, 1.82) is 0 Å². The molecule has 3 N–H and O–H groups in total. The molecule has 180 valence electrons. The Morgan fingerprint density at radius 1 is 1.00 bits per heavy atom. The first-order chi connectivity index (χ1) is 16.3. The lowest BCUT2D eigenvalue weighted by Gasteiger charge is -2.26. The van der Waals surface area contributed by atoms with Crippen LogP contribution in [0.5, 0.6) is 5.75 Å². The monoisotopic (exact) mass is 519 g/mol. The summed E-state index contributed by atoms with van der Waals surface area (Å²) in [5, 5.41) is 11.3. The van der Waals surface area contributed by atoms with Gasteiger partial charge in [-0.15, -0.1) is 0 Å². The second kappa shape index (κ2) is 11.0. The summed E-state index contributed by atoms with van der Waals surface area (Å²) in [4.78, 5) is 8.85. The van der Waals surface area contributed by atoms with E-state index in [9.17, 15) is 0 Å². The zero-order chi connectivity index (χ0) is 24.2. The number of hydrogen-bond donors (Lipinski definition) is 3. The summed E-state index contributed by atoms with van der Waals surface area (Å²) < 4.78 is 6.19. The summed E-state index contributed by atoms with van der Waals surface area (Å²) in [5.41, 5.74) is 3.99. The molecule has 1 aliphatic heterocycles. The van der Waals surface area contributed by atoms with Gasteiger partial charge in [0.05, 0.1) is 28.7 Å². The Morgan fingerprint density at radius 3 is 2.47 bits per heavy atom. The molecule has 4 rings (SSSR count). The van der Waals surface area contributed by atoms with Gasteiger partial charge in [-0.2, -0.15) is 4.98 Å². The molecule has 0 radical (unpaired) electrons. The number of nitrogens with zero attached hydrogens (tertiary/aromatic N) is 2. The molecular formula is C25H28Cl3N5O. The Morgan fingerprint density at radius 2 is 1.76 bits per heavy atom. The lowest BCUT2D eigenvalue weighted by atomic mass is 9.87. The minimum absolute atomic E-state index is 0.0225. The molecule has 1 aromatic heterocycles. The fraction of sp³-hybridized carbons (Fsp3) is 0.360. The highest BCUT2D eigenvalue weighted by atomic mass is 35.5. The molecule has 0 aliphatic carbocycles. The van der Waals surface area contributed by atoms with E-state index in [1.54, 1.807) is 24.4 Å². The number of rotatable bonds is 7. The Hall–Kier alpha value is -2.25. The first-order valence-electron chi connectivity index (χ1n) is 11.3. The third-order valence-electron chi connectivity index (χ3n) is 5.68. The standard InChI is InChI=1S/C25H28Cl3N5O/c1-14(2)34-23-12-18(16-6-8-29-9-7-16)15(3)10-22(23)31-24-20(28)13-30-25(33-24)32-21-5-4-17(26)11-19(21)27/h4-5,10-14,16,29H,6-9H2,1-3H3,(H2,30,31,32,33). The van der Waals surface area contributed by atoms with Gasteiger partial charge in [0.2, 0.25) is 5.95 Å². The zero-order valence-corrected chi connectivity index (χ0v) is 21.7. The number of anilines is 4. The maximum atomic E-state index is 6.45. The summed E-state index contributed by atoms with van der Waals surface area (Å²) in [5.74, 6) is 2.11. The van der Waals surface area contributed by atoms with Crippen LogP contribution in [0.15, 0.2) is 36.5 Å². The average molecular weight is 521 g/mol. The quantitative estimate of drug-likeness (QED) is 0.300. The van der Waals surface area contributed by atoms with Gasteiger partial charge >= 0.3 is 0 Å². The van der Waals surface area contributed by atoms with E-state index in [2.05, 4.69) is 45.0 Å². The fourth-order valence-electron chi connectivity index (χ4n) is 4.08. The van der Waals surface area contributed by atoms with Gasteiger partial charge in [0, 0.05) is 5.02 Å². The van der Waals surface area contributed by atoms with E-state index < -0.39 is 0 Å². The summed E-state index contributed by atoms with van der Waals surface area (Å²) in [7, 11) is 0. The molecule has 3 aromatic rings. The van der Waals surface area contributed by atoms with E-state index in [1.165, 1.54) is 11.1 Å². The maximum Gasteiger partial charge on any atom is 0.229 e. The highest BCUT2D eigenvalue weighted by molar-refractivity contribution is 6.36. The van der Waals surface area contributed by atoms with Gasteiger partial charge in [0.1, 0.15) is 10.8 Å². The van der Waals surface area contributed by atoms with Gasteiger partial charge in [-0.1, -0.05) is 34.8 Å². The van der Waals surface area contributed by atoms with Crippen LogP contribution in [0.1, 0.15) is 43.7 Å². The van der Waals surface area contributed by atoms with Crippen LogP contribution in [-0.2, 0) is 0 Å². The first-order valence-corrected chi connectivity index (χ1v) is 12.5. The van der Waals surface area contributed by atoms with Crippen LogP contribution in [0.25, 0.3) is 0 Å². The van der Waals surface area contributed by atoms with Crippen LogP contribution < -0.4 is 20.7 Å². The van der Waals surface area contributed by atoms with Crippen molar-refractivity contribution in [2.75, 3.05) is 23.7 Å². The molecule has 9 heteroatoms. The number of ether oxygens (including phenoxy) is 1. The van der Waals surface area contributed by atoms with E-state index in [4.69, 9.17) is 39.5 Å². The summed E-state index contributed by atoms with van der Waals surface area (Å²) in [6.07, 6.45) is 3.81. The second-order valence-corrected chi connectivity index (χ2v) is 9.91. The molecule has 6 nitrogen and oxygen atoms in total. The van der Waals surface area contributed by atoms with Crippen LogP contribution in [0, 0.1) is 6.92 Å². The molecule has 0 saturated carbocycles. The molecule has 0 atom stereocenters. The van der Waals surface area contributed by atoms with E-state index in [0.717, 1.165) is 37.4 Å². The number of piperidine rings is 1. The van der Waals surface area contributed by atoms with Gasteiger partial charge in [-0.3, -0.25) is 0 Å². The van der Waals surface area contributed by atoms with E-state index >= 15 is 0 Å². The van der Waals surface area contributed by atoms with Gasteiger partial charge in [0.25, 0.3) is 0 Å². The van der Waals surface area contributed by atoms with Crippen molar-refractivity contribution in [1.82, 2.24) is 15.3 Å². The predicted molar refractivity (Wildman–Crippen MR) is 142 cm³/mol. The number of nitrogens with one attached hydrogen (secondary N) is 3. The van der Waals surface area contributed by atoms with Crippen molar-refractivity contribution in [3.63, 3.8) is 0 Å². The highest BCUT2D eigenvalue weighted by Crippen LogP contribution is 2.38. The number of benzene rings is 2. The third-order valence-corrected chi connectivity index (χ3v) is 6.51. The fourth-order valence-corrected chi connectivity index (χ4v) is 4.67. The molecule has 0 bridgehead atoms. The van der Waals surface area contributed by atoms with Crippen molar-refractivity contribution in [3.8, 4) is 5.75 Å². The van der Waals surface area contributed by atoms with Crippen LogP contribution in [-0.4, -0.2) is 29.2 Å². The van der Waals surface area contributed by atoms with Crippen LogP contribution in [0.4, 0.5) is 23.1 Å². The van der Waals surface area contributed by atoms with Crippen molar-refractivity contribution in [2.24, 2.45) is 0 Å². The minimum Gasteiger partial charge on any atom is -0.489 e. The molecule has 0 spiro atoms. The normalized spacial score (nSPS) is 14.3. The molecule has 0 unspecified atom stereocenters. The minimum atomic E-state index is 0.0225. The second-order valence-electron chi connectivity index (χ2n) is 8.66. The molecule has 0 amide bonds. The maximum absolute atomic E-state index is 6.45. The Balaban J connectivity index is 1.64. The molecular weight excluding hydrogens is 493 g/mol. The largest absolute Gasteiger partial charge is 0.489 e. The SMILES string of the molecule is Cc1cc(Nc2nc(Nc3ccc(Cl)cc3Cl)ncc2Cl)c(OC(C)C)cc1C1CCNCC1. The van der Waals surface area contributed by atoms with Crippen LogP contribution in [0.3, 0.4) is 0 Å².